The van der Waals surface area contributed by atoms with E-state index in [1.807, 2.05) is 20.8 Å². The van der Waals surface area contributed by atoms with Crippen LogP contribution in [0.4, 0.5) is 5.69 Å². The van der Waals surface area contributed by atoms with Gasteiger partial charge in [0, 0.05) is 11.7 Å². The van der Waals surface area contributed by atoms with Crippen molar-refractivity contribution in [1.82, 2.24) is 10.3 Å². The summed E-state index contributed by atoms with van der Waals surface area (Å²) in [5, 5.41) is 14.8. The van der Waals surface area contributed by atoms with Crippen LogP contribution in [0.3, 0.4) is 0 Å². The highest BCUT2D eigenvalue weighted by atomic mass is 16.2. The van der Waals surface area contributed by atoms with Crippen LogP contribution in [0.2, 0.25) is 0 Å². The third kappa shape index (κ3) is 4.06. The van der Waals surface area contributed by atoms with Crippen LogP contribution in [0.15, 0.2) is 18.5 Å². The summed E-state index contributed by atoms with van der Waals surface area (Å²) in [5.41, 5.74) is 0.761. The molecule has 2 N–H and O–H groups in total. The number of hydrogen-bond donors (Lipinski definition) is 2. The van der Waals surface area contributed by atoms with Crippen LogP contribution in [-0.4, -0.2) is 22.5 Å². The van der Waals surface area contributed by atoms with Crippen molar-refractivity contribution in [3.63, 3.8) is 0 Å². The van der Waals surface area contributed by atoms with Gasteiger partial charge in [-0.05, 0) is 33.8 Å². The maximum Gasteiger partial charge on any atom is 0.242 e. The van der Waals surface area contributed by atoms with Crippen LogP contribution in [0.5, 0.6) is 0 Å². The summed E-state index contributed by atoms with van der Waals surface area (Å²) in [7, 11) is 0. The van der Waals surface area contributed by atoms with E-state index in [9.17, 15) is 4.79 Å². The van der Waals surface area contributed by atoms with Gasteiger partial charge in [-0.25, -0.2) is 0 Å². The second kappa shape index (κ2) is 5.50. The number of nitrogens with zero attached hydrogens (tertiary/aromatic N) is 2. The van der Waals surface area contributed by atoms with Crippen LogP contribution in [-0.2, 0) is 4.79 Å². The lowest BCUT2D eigenvalue weighted by Gasteiger charge is -2.24. The first kappa shape index (κ1) is 14.0. The average Bonchev–Trinajstić information content (AvgIpc) is 2.27. The number of aromatic nitrogens is 1. The normalized spacial score (nSPS) is 12.4. The molecular formula is C13H18N4O. The summed E-state index contributed by atoms with van der Waals surface area (Å²) in [4.78, 5) is 15.8. The maximum atomic E-state index is 11.9. The lowest BCUT2D eigenvalue weighted by Crippen LogP contribution is -2.47. The van der Waals surface area contributed by atoms with Gasteiger partial charge in [-0.3, -0.25) is 9.78 Å². The van der Waals surface area contributed by atoms with Crippen LogP contribution in [0, 0.1) is 11.3 Å². The van der Waals surface area contributed by atoms with E-state index in [0.29, 0.717) is 11.3 Å². The Kier molecular flexibility index (Phi) is 4.27. The van der Waals surface area contributed by atoms with Gasteiger partial charge in [0.15, 0.2) is 0 Å². The maximum absolute atomic E-state index is 11.9. The Morgan fingerprint density at radius 1 is 1.50 bits per heavy atom. The van der Waals surface area contributed by atoms with Crippen LogP contribution in [0.1, 0.15) is 33.3 Å². The minimum atomic E-state index is -0.430. The third-order valence-corrected chi connectivity index (χ3v) is 2.21. The molecule has 1 amide bonds. The molecule has 0 bridgehead atoms. The molecule has 0 saturated heterocycles. The average molecular weight is 246 g/mol. The Hall–Kier alpha value is -2.09. The molecule has 0 radical (unpaired) electrons. The zero-order chi connectivity index (χ0) is 13.8. The molecule has 0 fully saturated rings. The van der Waals surface area contributed by atoms with Crippen LogP contribution in [0.25, 0.3) is 0 Å². The fourth-order valence-electron chi connectivity index (χ4n) is 1.38. The van der Waals surface area contributed by atoms with E-state index in [1.54, 1.807) is 25.4 Å². The molecule has 0 aromatic carbocycles. The number of amides is 1. The molecule has 18 heavy (non-hydrogen) atoms. The minimum absolute atomic E-state index is 0.116. The van der Waals surface area contributed by atoms with Crippen molar-refractivity contribution < 1.29 is 4.79 Å². The zero-order valence-corrected chi connectivity index (χ0v) is 11.1. The van der Waals surface area contributed by atoms with Gasteiger partial charge >= 0.3 is 0 Å². The topological polar surface area (TPSA) is 77.8 Å². The fourth-order valence-corrected chi connectivity index (χ4v) is 1.38. The Morgan fingerprint density at radius 2 is 2.17 bits per heavy atom. The molecule has 0 spiro atoms. The molecule has 5 nitrogen and oxygen atoms in total. The second-order valence-corrected chi connectivity index (χ2v) is 5.14. The van der Waals surface area contributed by atoms with E-state index in [1.165, 1.54) is 0 Å². The van der Waals surface area contributed by atoms with Gasteiger partial charge in [0.1, 0.15) is 12.1 Å². The van der Waals surface area contributed by atoms with Gasteiger partial charge in [0.05, 0.1) is 17.4 Å². The molecule has 1 rings (SSSR count). The molecule has 0 aliphatic heterocycles. The zero-order valence-electron chi connectivity index (χ0n) is 11.1. The molecule has 96 valence electrons. The minimum Gasteiger partial charge on any atom is -0.372 e. The molecule has 0 aliphatic rings. The SMILES string of the molecule is CC(Nc1cnccc1C#N)C(=O)NC(C)(C)C. The van der Waals surface area contributed by atoms with Gasteiger partial charge in [-0.2, -0.15) is 5.26 Å². The Labute approximate surface area is 107 Å². The van der Waals surface area contributed by atoms with Crippen LogP contribution < -0.4 is 10.6 Å². The molecule has 0 aliphatic carbocycles. The smallest absolute Gasteiger partial charge is 0.242 e. The lowest BCUT2D eigenvalue weighted by atomic mass is 10.1. The largest absolute Gasteiger partial charge is 0.372 e. The van der Waals surface area contributed by atoms with E-state index in [-0.39, 0.29) is 11.4 Å². The predicted molar refractivity (Wildman–Crippen MR) is 69.9 cm³/mol. The predicted octanol–water partition coefficient (Wildman–Crippen LogP) is 1.67. The number of carbonyl (C=O) groups is 1. The number of pyridine rings is 1. The number of hydrogen-bond acceptors (Lipinski definition) is 4. The number of rotatable bonds is 3. The van der Waals surface area contributed by atoms with E-state index in [0.717, 1.165) is 0 Å². The lowest BCUT2D eigenvalue weighted by molar-refractivity contribution is -0.122. The summed E-state index contributed by atoms with van der Waals surface area (Å²) in [6.07, 6.45) is 3.09. The van der Waals surface area contributed by atoms with E-state index < -0.39 is 6.04 Å². The molecule has 1 heterocycles. The van der Waals surface area contributed by atoms with E-state index in [4.69, 9.17) is 5.26 Å². The van der Waals surface area contributed by atoms with Crippen molar-refractivity contribution >= 4 is 11.6 Å². The van der Waals surface area contributed by atoms with Gasteiger partial charge in [0.25, 0.3) is 0 Å². The van der Waals surface area contributed by atoms with E-state index in [2.05, 4.69) is 21.7 Å². The summed E-state index contributed by atoms with van der Waals surface area (Å²) in [6, 6.07) is 3.23. The first-order valence-electron chi connectivity index (χ1n) is 5.76. The quantitative estimate of drug-likeness (QED) is 0.850. The van der Waals surface area contributed by atoms with Crippen molar-refractivity contribution in [3.8, 4) is 6.07 Å². The number of nitriles is 1. The van der Waals surface area contributed by atoms with Crippen molar-refractivity contribution in [1.29, 1.82) is 5.26 Å². The summed E-state index contributed by atoms with van der Waals surface area (Å²) in [6.45, 7) is 7.50. The van der Waals surface area contributed by atoms with Crippen molar-refractivity contribution in [3.05, 3.63) is 24.0 Å². The van der Waals surface area contributed by atoms with Crippen LogP contribution >= 0.6 is 0 Å². The molecule has 1 aromatic rings. The Balaban J connectivity index is 2.73. The molecule has 0 saturated carbocycles. The first-order valence-corrected chi connectivity index (χ1v) is 5.76. The van der Waals surface area contributed by atoms with Gasteiger partial charge < -0.3 is 10.6 Å². The highest BCUT2D eigenvalue weighted by Gasteiger charge is 2.19. The highest BCUT2D eigenvalue weighted by Crippen LogP contribution is 2.13. The van der Waals surface area contributed by atoms with Gasteiger partial charge in [-0.1, -0.05) is 0 Å². The van der Waals surface area contributed by atoms with Gasteiger partial charge in [0.2, 0.25) is 5.91 Å². The third-order valence-electron chi connectivity index (χ3n) is 2.21. The number of carbonyl (C=O) groups excluding carboxylic acids is 1. The number of nitrogens with one attached hydrogen (secondary N) is 2. The second-order valence-electron chi connectivity index (χ2n) is 5.14. The fraction of sp³-hybridized carbons (Fsp3) is 0.462. The Morgan fingerprint density at radius 3 is 2.72 bits per heavy atom. The van der Waals surface area contributed by atoms with Crippen molar-refractivity contribution in [2.45, 2.75) is 39.3 Å². The van der Waals surface area contributed by atoms with Crippen molar-refractivity contribution in [2.24, 2.45) is 0 Å². The monoisotopic (exact) mass is 246 g/mol. The highest BCUT2D eigenvalue weighted by molar-refractivity contribution is 5.85. The summed E-state index contributed by atoms with van der Waals surface area (Å²) >= 11 is 0. The molecule has 1 aromatic heterocycles. The molecule has 1 unspecified atom stereocenters. The molecule has 5 heteroatoms. The summed E-state index contributed by atoms with van der Waals surface area (Å²) in [5.74, 6) is -0.116. The first-order chi connectivity index (χ1) is 8.33. The number of anilines is 1. The van der Waals surface area contributed by atoms with Gasteiger partial charge in [-0.15, -0.1) is 0 Å². The standard InChI is InChI=1S/C13H18N4O/c1-9(12(18)17-13(2,3)4)16-11-8-15-6-5-10(11)7-14/h5-6,8-9,16H,1-4H3,(H,17,18). The Bertz CT molecular complexity index is 471. The van der Waals surface area contributed by atoms with Crippen molar-refractivity contribution in [2.75, 3.05) is 5.32 Å². The molecular weight excluding hydrogens is 228 g/mol. The molecule has 1 atom stereocenters. The summed E-state index contributed by atoms with van der Waals surface area (Å²) < 4.78 is 0. The van der Waals surface area contributed by atoms with E-state index >= 15 is 0 Å².